The predicted molar refractivity (Wildman–Crippen MR) is 113 cm³/mol. The molecule has 2 heterocycles. The molecule has 0 aliphatic carbocycles. The Balaban J connectivity index is 1.28. The Kier molecular flexibility index (Phi) is 5.49. The number of rotatable bonds is 7. The van der Waals surface area contributed by atoms with Crippen LogP contribution in [0.15, 0.2) is 54.7 Å². The number of nitrogens with one attached hydrogen (secondary N) is 1. The second kappa shape index (κ2) is 8.38. The van der Waals surface area contributed by atoms with Crippen LogP contribution in [0.4, 0.5) is 17.2 Å². The molecule has 30 heavy (non-hydrogen) atoms. The van der Waals surface area contributed by atoms with Crippen molar-refractivity contribution < 1.29 is 14.3 Å². The molecule has 2 amide bonds. The number of nitrogens with zero attached hydrogens (tertiary/aromatic N) is 3. The van der Waals surface area contributed by atoms with Crippen LogP contribution in [-0.2, 0) is 0 Å². The lowest BCUT2D eigenvalue weighted by molar-refractivity contribution is 0.0647. The average molecular weight is 424 g/mol. The Hall–Kier alpha value is -3.65. The normalized spacial score (nSPS) is 12.8. The Labute approximate surface area is 177 Å². The molecule has 152 valence electrons. The lowest BCUT2D eigenvalue weighted by atomic mass is 10.1. The number of carbonyl (C=O) groups excluding carboxylic acids is 2. The number of hydrogen-bond donors (Lipinski definition) is 2. The highest BCUT2D eigenvalue weighted by atomic mass is 35.5. The summed E-state index contributed by atoms with van der Waals surface area (Å²) < 4.78 is 5.71. The van der Waals surface area contributed by atoms with Crippen molar-refractivity contribution >= 4 is 40.6 Å². The molecule has 1 aromatic heterocycles. The van der Waals surface area contributed by atoms with Crippen molar-refractivity contribution in [3.8, 4) is 5.75 Å². The van der Waals surface area contributed by atoms with Crippen molar-refractivity contribution in [1.29, 1.82) is 0 Å². The van der Waals surface area contributed by atoms with Crippen LogP contribution in [0.2, 0.25) is 5.28 Å². The molecule has 0 saturated carbocycles. The summed E-state index contributed by atoms with van der Waals surface area (Å²) in [6.07, 6.45) is 1.96. The van der Waals surface area contributed by atoms with Crippen molar-refractivity contribution in [2.75, 3.05) is 24.2 Å². The number of anilines is 3. The van der Waals surface area contributed by atoms with E-state index in [9.17, 15) is 9.59 Å². The third-order valence-electron chi connectivity index (χ3n) is 4.58. The van der Waals surface area contributed by atoms with Gasteiger partial charge in [0.2, 0.25) is 5.28 Å². The lowest BCUT2D eigenvalue weighted by Crippen LogP contribution is -2.31. The third kappa shape index (κ3) is 4.04. The monoisotopic (exact) mass is 423 g/mol. The zero-order chi connectivity index (χ0) is 21.1. The van der Waals surface area contributed by atoms with Gasteiger partial charge in [-0.2, -0.15) is 4.98 Å². The smallest absolute Gasteiger partial charge is 0.261 e. The number of nitrogen functional groups attached to an aromatic ring is 1. The number of imide groups is 1. The zero-order valence-electron chi connectivity index (χ0n) is 15.8. The van der Waals surface area contributed by atoms with Gasteiger partial charge in [-0.1, -0.05) is 12.1 Å². The number of nitrogens with two attached hydrogens (primary N) is 1. The summed E-state index contributed by atoms with van der Waals surface area (Å²) in [6.45, 7) is 0.675. The molecular formula is C21H18ClN5O3. The van der Waals surface area contributed by atoms with Gasteiger partial charge in [-0.3, -0.25) is 14.5 Å². The first-order chi connectivity index (χ1) is 14.5. The van der Waals surface area contributed by atoms with Gasteiger partial charge in [-0.15, -0.1) is 0 Å². The van der Waals surface area contributed by atoms with Gasteiger partial charge in [0.05, 0.1) is 29.6 Å². The fraction of sp³-hybridized carbons (Fsp3) is 0.143. The van der Waals surface area contributed by atoms with E-state index in [2.05, 4.69) is 15.3 Å². The molecule has 0 bridgehead atoms. The number of hydrogen-bond acceptors (Lipinski definition) is 7. The van der Waals surface area contributed by atoms with Crippen LogP contribution in [0, 0.1) is 0 Å². The summed E-state index contributed by atoms with van der Waals surface area (Å²) in [7, 11) is 0. The maximum absolute atomic E-state index is 12.3. The molecule has 0 unspecified atom stereocenters. The number of benzene rings is 2. The first kappa shape index (κ1) is 19.7. The van der Waals surface area contributed by atoms with E-state index in [1.54, 1.807) is 36.4 Å². The fourth-order valence-corrected chi connectivity index (χ4v) is 3.23. The Morgan fingerprint density at radius 1 is 1.03 bits per heavy atom. The lowest BCUT2D eigenvalue weighted by Gasteiger charge is -2.14. The second-order valence-electron chi connectivity index (χ2n) is 6.60. The van der Waals surface area contributed by atoms with Crippen LogP contribution >= 0.6 is 11.6 Å². The Morgan fingerprint density at radius 3 is 2.37 bits per heavy atom. The van der Waals surface area contributed by atoms with Crippen LogP contribution in [0.3, 0.4) is 0 Å². The zero-order valence-corrected chi connectivity index (χ0v) is 16.6. The van der Waals surface area contributed by atoms with Crippen LogP contribution < -0.4 is 15.8 Å². The molecule has 0 saturated heterocycles. The van der Waals surface area contributed by atoms with Gasteiger partial charge in [0, 0.05) is 12.2 Å². The molecule has 4 rings (SSSR count). The van der Waals surface area contributed by atoms with Crippen molar-refractivity contribution in [2.45, 2.75) is 6.42 Å². The third-order valence-corrected chi connectivity index (χ3v) is 4.76. The molecule has 1 aliphatic heterocycles. The SMILES string of the molecule is Nc1cnc(Cl)nc1Nc1ccc(OCCCN2C(=O)c3ccccc3C2=O)cc1. The molecule has 3 N–H and O–H groups in total. The van der Waals surface area contributed by atoms with Crippen molar-refractivity contribution in [3.63, 3.8) is 0 Å². The van der Waals surface area contributed by atoms with Gasteiger partial charge in [0.15, 0.2) is 5.82 Å². The summed E-state index contributed by atoms with van der Waals surface area (Å²) in [6, 6.07) is 14.1. The van der Waals surface area contributed by atoms with E-state index in [-0.39, 0.29) is 17.1 Å². The predicted octanol–water partition coefficient (Wildman–Crippen LogP) is 3.52. The standard InChI is InChI=1S/C21H18ClN5O3/c22-21-24-12-17(23)18(26-21)25-13-6-8-14(9-7-13)30-11-3-10-27-19(28)15-4-1-2-5-16(15)20(27)29/h1-2,4-9,12H,3,10-11,23H2,(H,24,25,26). The minimum Gasteiger partial charge on any atom is -0.494 e. The summed E-state index contributed by atoms with van der Waals surface area (Å²) in [4.78, 5) is 33.8. The molecule has 2 aromatic carbocycles. The first-order valence-electron chi connectivity index (χ1n) is 9.26. The van der Waals surface area contributed by atoms with Crippen LogP contribution in [0.1, 0.15) is 27.1 Å². The first-order valence-corrected chi connectivity index (χ1v) is 9.64. The maximum Gasteiger partial charge on any atom is 0.261 e. The van der Waals surface area contributed by atoms with E-state index in [1.807, 2.05) is 12.1 Å². The number of ether oxygens (including phenoxy) is 1. The van der Waals surface area contributed by atoms with Gasteiger partial charge in [-0.05, 0) is 54.4 Å². The second-order valence-corrected chi connectivity index (χ2v) is 6.94. The van der Waals surface area contributed by atoms with Crippen LogP contribution in [-0.4, -0.2) is 39.8 Å². The molecule has 0 atom stereocenters. The molecule has 0 spiro atoms. The number of amides is 2. The number of halogens is 1. The van der Waals surface area contributed by atoms with Gasteiger partial charge in [-0.25, -0.2) is 4.98 Å². The molecule has 9 heteroatoms. The summed E-state index contributed by atoms with van der Waals surface area (Å²) in [5, 5.41) is 3.17. The largest absolute Gasteiger partial charge is 0.494 e. The van der Waals surface area contributed by atoms with Gasteiger partial charge >= 0.3 is 0 Å². The van der Waals surface area contributed by atoms with Crippen molar-refractivity contribution in [1.82, 2.24) is 14.9 Å². The number of aromatic nitrogens is 2. The van der Waals surface area contributed by atoms with Gasteiger partial charge in [0.1, 0.15) is 5.75 Å². The minimum absolute atomic E-state index is 0.102. The topological polar surface area (TPSA) is 110 Å². The summed E-state index contributed by atoms with van der Waals surface area (Å²) >= 11 is 5.79. The van der Waals surface area contributed by atoms with Gasteiger partial charge < -0.3 is 15.8 Å². The van der Waals surface area contributed by atoms with Crippen LogP contribution in [0.5, 0.6) is 5.75 Å². The van der Waals surface area contributed by atoms with E-state index in [1.165, 1.54) is 11.1 Å². The fourth-order valence-electron chi connectivity index (χ4n) is 3.10. The Morgan fingerprint density at radius 2 is 1.70 bits per heavy atom. The highest BCUT2D eigenvalue weighted by Crippen LogP contribution is 2.24. The summed E-state index contributed by atoms with van der Waals surface area (Å²) in [5.74, 6) is 0.575. The number of carbonyl (C=O) groups is 2. The maximum atomic E-state index is 12.3. The highest BCUT2D eigenvalue weighted by Gasteiger charge is 2.34. The van der Waals surface area contributed by atoms with Crippen molar-refractivity contribution in [2.24, 2.45) is 0 Å². The van der Waals surface area contributed by atoms with Crippen molar-refractivity contribution in [3.05, 3.63) is 71.1 Å². The molecule has 8 nitrogen and oxygen atoms in total. The Bertz CT molecular complexity index is 1070. The van der Waals surface area contributed by atoms with E-state index in [0.717, 1.165) is 5.69 Å². The molecular weight excluding hydrogens is 406 g/mol. The molecule has 0 fully saturated rings. The molecule has 0 radical (unpaired) electrons. The minimum atomic E-state index is -0.255. The van der Waals surface area contributed by atoms with E-state index >= 15 is 0 Å². The summed E-state index contributed by atoms with van der Waals surface area (Å²) in [5.41, 5.74) is 7.88. The highest BCUT2D eigenvalue weighted by molar-refractivity contribution is 6.28. The van der Waals surface area contributed by atoms with E-state index in [0.29, 0.717) is 48.0 Å². The van der Waals surface area contributed by atoms with Crippen LogP contribution in [0.25, 0.3) is 0 Å². The molecule has 1 aliphatic rings. The average Bonchev–Trinajstić information content (AvgIpc) is 3.00. The van der Waals surface area contributed by atoms with E-state index < -0.39 is 0 Å². The van der Waals surface area contributed by atoms with Gasteiger partial charge in [0.25, 0.3) is 11.8 Å². The quantitative estimate of drug-likeness (QED) is 0.340. The molecule has 3 aromatic rings. The number of fused-ring (bicyclic) bond motifs is 1. The van der Waals surface area contributed by atoms with E-state index in [4.69, 9.17) is 22.1 Å².